The number of benzene rings is 2. The molecule has 5 unspecified atom stereocenters. The Labute approximate surface area is 215 Å². The predicted molar refractivity (Wildman–Crippen MR) is 104 cm³/mol. The third kappa shape index (κ3) is 3.94. The summed E-state index contributed by atoms with van der Waals surface area (Å²) >= 11 is 0. The number of rotatable bonds is 3. The van der Waals surface area contributed by atoms with Crippen molar-refractivity contribution in [3.8, 4) is 11.5 Å². The van der Waals surface area contributed by atoms with E-state index in [9.17, 15) is 50.1 Å². The van der Waals surface area contributed by atoms with Crippen molar-refractivity contribution in [2.45, 2.75) is 30.5 Å². The summed E-state index contributed by atoms with van der Waals surface area (Å²) < 4.78 is 5.45. The molecule has 0 radical (unpaired) electrons. The first-order valence-electron chi connectivity index (χ1n) is 9.40. The molecule has 0 bridgehead atoms. The molecule has 0 amide bonds. The number of aliphatic hydroxyl groups excluding tert-OH is 4. The minimum atomic E-state index is -1.81. The number of fused-ring (bicyclic) bond motifs is 2. The summed E-state index contributed by atoms with van der Waals surface area (Å²) in [6, 6.07) is 3.52. The van der Waals surface area contributed by atoms with Gasteiger partial charge in [-0.3, -0.25) is 9.59 Å². The van der Waals surface area contributed by atoms with Gasteiger partial charge in [0.2, 0.25) is 0 Å². The van der Waals surface area contributed by atoms with Crippen molar-refractivity contribution in [1.82, 2.24) is 0 Å². The van der Waals surface area contributed by atoms with Gasteiger partial charge >= 0.3 is 43.7 Å². The summed E-state index contributed by atoms with van der Waals surface area (Å²) in [7, 11) is 0. The molecule has 4 rings (SSSR count). The average molecular weight is 484 g/mol. The number of hydrogen-bond acceptors (Lipinski definition) is 10. The number of carbonyl (C=O) groups excluding carboxylic acids is 2. The van der Waals surface area contributed by atoms with Gasteiger partial charge in [-0.05, 0) is 11.6 Å². The summed E-state index contributed by atoms with van der Waals surface area (Å²) in [4.78, 5) is 37.6. The molecule has 0 saturated carbocycles. The largest absolute Gasteiger partial charge is 2.00 e. The van der Waals surface area contributed by atoms with Crippen LogP contribution in [0.15, 0.2) is 24.3 Å². The Hall–Kier alpha value is -2.09. The summed E-state index contributed by atoms with van der Waals surface area (Å²) in [6.07, 6.45) is -8.14. The van der Waals surface area contributed by atoms with E-state index in [0.29, 0.717) is 6.07 Å². The standard InChI is InChI=1S/C21H18O11.Ca/c22-5-11-16(26)18(28)19(29)20(32-11)7-1-2-9(23)14-13(7)15(25)8-3-6(21(30)31)4-10(24)12(8)17(14)27;/h1-4,11,16,18-20,22-24,26,28-29H,5H2,(H,30,31);/q;+2/p-2. The van der Waals surface area contributed by atoms with Gasteiger partial charge in [0.05, 0.1) is 12.2 Å². The monoisotopic (exact) mass is 484 g/mol. The maximum absolute atomic E-state index is 13.3. The van der Waals surface area contributed by atoms with Crippen LogP contribution >= 0.6 is 0 Å². The topological polar surface area (TPSA) is 208 Å². The molecule has 12 heteroatoms. The van der Waals surface area contributed by atoms with Gasteiger partial charge in [-0.25, -0.2) is 4.79 Å². The van der Waals surface area contributed by atoms with Crippen molar-refractivity contribution >= 4 is 55.3 Å². The van der Waals surface area contributed by atoms with Crippen molar-refractivity contribution < 1.29 is 54.9 Å². The Morgan fingerprint density at radius 1 is 0.909 bits per heavy atom. The minimum absolute atomic E-state index is 0. The van der Waals surface area contributed by atoms with E-state index in [1.54, 1.807) is 0 Å². The molecule has 1 aliphatic heterocycles. The number of aromatic carboxylic acids is 1. The van der Waals surface area contributed by atoms with E-state index in [2.05, 4.69) is 0 Å². The van der Waals surface area contributed by atoms with Gasteiger partial charge in [0, 0.05) is 22.3 Å². The summed E-state index contributed by atoms with van der Waals surface area (Å²) in [5, 5.41) is 74.0. The minimum Gasteiger partial charge on any atom is -0.872 e. The summed E-state index contributed by atoms with van der Waals surface area (Å²) in [6.45, 7) is -0.750. The predicted octanol–water partition coefficient (Wildman–Crippen LogP) is -2.56. The fourth-order valence-corrected chi connectivity index (χ4v) is 4.08. The van der Waals surface area contributed by atoms with Crippen molar-refractivity contribution in [2.75, 3.05) is 6.61 Å². The van der Waals surface area contributed by atoms with E-state index in [4.69, 9.17) is 4.74 Å². The number of carboxylic acid groups (broad SMARTS) is 1. The molecule has 33 heavy (non-hydrogen) atoms. The number of carboxylic acids is 1. The molecule has 2 aromatic rings. The van der Waals surface area contributed by atoms with Crippen LogP contribution in [0.4, 0.5) is 0 Å². The van der Waals surface area contributed by atoms with Crippen LogP contribution in [0.25, 0.3) is 0 Å². The van der Waals surface area contributed by atoms with Crippen LogP contribution < -0.4 is 10.2 Å². The van der Waals surface area contributed by atoms with Crippen molar-refractivity contribution in [2.24, 2.45) is 0 Å². The normalized spacial score (nSPS) is 26.2. The van der Waals surface area contributed by atoms with Crippen LogP contribution in [0, 0.1) is 0 Å². The average Bonchev–Trinajstić information content (AvgIpc) is 2.75. The molecule has 168 valence electrons. The number of aliphatic hydroxyl groups is 4. The number of ketones is 2. The molecular weight excluding hydrogens is 468 g/mol. The Kier molecular flexibility index (Phi) is 7.18. The van der Waals surface area contributed by atoms with Gasteiger partial charge in [-0.1, -0.05) is 29.7 Å². The van der Waals surface area contributed by atoms with E-state index >= 15 is 0 Å². The molecule has 1 aliphatic carbocycles. The maximum Gasteiger partial charge on any atom is 2.00 e. The molecule has 1 fully saturated rings. The van der Waals surface area contributed by atoms with Gasteiger partial charge in [0.1, 0.15) is 30.5 Å². The van der Waals surface area contributed by atoms with Crippen molar-refractivity contribution in [3.63, 3.8) is 0 Å². The van der Waals surface area contributed by atoms with Crippen LogP contribution in [-0.4, -0.2) is 112 Å². The first-order chi connectivity index (χ1) is 15.1. The van der Waals surface area contributed by atoms with E-state index in [1.165, 1.54) is 0 Å². The molecule has 2 aromatic carbocycles. The van der Waals surface area contributed by atoms with Gasteiger partial charge in [-0.15, -0.1) is 0 Å². The quantitative estimate of drug-likeness (QED) is 0.244. The van der Waals surface area contributed by atoms with Crippen LogP contribution in [-0.2, 0) is 4.74 Å². The summed E-state index contributed by atoms with van der Waals surface area (Å²) in [5.74, 6) is -5.55. The third-order valence-electron chi connectivity index (χ3n) is 5.67. The van der Waals surface area contributed by atoms with Crippen molar-refractivity contribution in [3.05, 3.63) is 57.6 Å². The smallest absolute Gasteiger partial charge is 0.872 e. The molecular formula is C21H16CaO11. The maximum atomic E-state index is 13.3. The molecule has 1 heterocycles. The number of carbonyl (C=O) groups is 3. The molecule has 5 N–H and O–H groups in total. The summed E-state index contributed by atoms with van der Waals surface area (Å²) in [5.41, 5.74) is -3.07. The Morgan fingerprint density at radius 3 is 2.18 bits per heavy atom. The van der Waals surface area contributed by atoms with E-state index < -0.39 is 94.0 Å². The molecule has 0 aromatic heterocycles. The third-order valence-corrected chi connectivity index (χ3v) is 5.67. The van der Waals surface area contributed by atoms with Crippen LogP contribution in [0.3, 0.4) is 0 Å². The molecule has 5 atom stereocenters. The molecule has 1 saturated heterocycles. The number of hydrogen-bond donors (Lipinski definition) is 5. The SMILES string of the molecule is O=C(O)c1cc([O-])c2c(c1)C(=O)c1c(C3OC(CO)C(O)C(O)C3O)ccc([O-])c1C2=O.[Ca+2]. The first kappa shape index (κ1) is 25.5. The van der Waals surface area contributed by atoms with Gasteiger partial charge < -0.3 is 40.5 Å². The van der Waals surface area contributed by atoms with Crippen LogP contribution in [0.1, 0.15) is 53.9 Å². The van der Waals surface area contributed by atoms with E-state index in [0.717, 1.165) is 18.2 Å². The van der Waals surface area contributed by atoms with Crippen molar-refractivity contribution in [1.29, 1.82) is 0 Å². The molecule has 2 aliphatic rings. The van der Waals surface area contributed by atoms with Gasteiger partial charge in [0.25, 0.3) is 0 Å². The zero-order chi connectivity index (χ0) is 23.5. The second-order valence-electron chi connectivity index (χ2n) is 7.51. The van der Waals surface area contributed by atoms with Crippen LogP contribution in [0.5, 0.6) is 11.5 Å². The molecule has 11 nitrogen and oxygen atoms in total. The zero-order valence-electron chi connectivity index (χ0n) is 16.8. The van der Waals surface area contributed by atoms with Gasteiger partial charge in [-0.2, -0.15) is 0 Å². The van der Waals surface area contributed by atoms with Crippen LogP contribution in [0.2, 0.25) is 0 Å². The Morgan fingerprint density at radius 2 is 1.58 bits per heavy atom. The Bertz CT molecular complexity index is 1160. The van der Waals surface area contributed by atoms with Gasteiger partial charge in [0.15, 0.2) is 11.6 Å². The second-order valence-corrected chi connectivity index (χ2v) is 7.51. The fraction of sp³-hybridized carbons (Fsp3) is 0.286. The number of ether oxygens (including phenoxy) is 1. The second kappa shape index (κ2) is 9.28. The fourth-order valence-electron chi connectivity index (χ4n) is 4.08. The van der Waals surface area contributed by atoms with E-state index in [-0.39, 0.29) is 43.3 Å². The Balaban J connectivity index is 0.00000306. The first-order valence-corrected chi connectivity index (χ1v) is 9.40. The van der Waals surface area contributed by atoms with E-state index in [1.807, 2.05) is 0 Å². The molecule has 0 spiro atoms. The zero-order valence-corrected chi connectivity index (χ0v) is 19.0.